The van der Waals surface area contributed by atoms with Gasteiger partial charge in [0.05, 0.1) is 42.7 Å². The Balaban J connectivity index is 0.000000127. The van der Waals surface area contributed by atoms with Crippen molar-refractivity contribution in [1.29, 1.82) is 0 Å². The van der Waals surface area contributed by atoms with Gasteiger partial charge in [-0.05, 0) is 357 Å². The zero-order valence-electron chi connectivity index (χ0n) is 80.5. The summed E-state index contributed by atoms with van der Waals surface area (Å²) in [7, 11) is 24.2. The summed E-state index contributed by atoms with van der Waals surface area (Å²) < 4.78 is 32.8. The van der Waals surface area contributed by atoms with Crippen LogP contribution in [-0.4, -0.2) is 265 Å². The van der Waals surface area contributed by atoms with Gasteiger partial charge in [0.2, 0.25) is 0 Å². The maximum absolute atomic E-state index is 5.47. The first kappa shape index (κ1) is 94.3. The van der Waals surface area contributed by atoms with E-state index in [1.165, 1.54) is 164 Å². The number of benzene rings is 6. The number of hydrogen-bond acceptors (Lipinski definition) is 18. The van der Waals surface area contributed by atoms with Gasteiger partial charge in [-0.15, -0.1) is 0 Å². The number of nitrogens with one attached hydrogen (secondary N) is 6. The summed E-state index contributed by atoms with van der Waals surface area (Å²) in [5.41, 5.74) is 19.3. The molecular formula is C105H162N12O6. The van der Waals surface area contributed by atoms with Gasteiger partial charge in [-0.25, -0.2) is 0 Å². The summed E-state index contributed by atoms with van der Waals surface area (Å²) in [6.07, 6.45) is 17.7. The van der Waals surface area contributed by atoms with Crippen molar-refractivity contribution < 1.29 is 28.4 Å². The smallest absolute Gasteiger partial charge is 0.119 e. The molecule has 6 aliphatic carbocycles. The third kappa shape index (κ3) is 18.4. The van der Waals surface area contributed by atoms with Crippen LogP contribution in [0.3, 0.4) is 0 Å². The Kier molecular flexibility index (Phi) is 30.7. The van der Waals surface area contributed by atoms with Gasteiger partial charge in [-0.1, -0.05) is 119 Å². The van der Waals surface area contributed by atoms with Gasteiger partial charge in [0, 0.05) is 105 Å². The molecule has 6 saturated heterocycles. The summed E-state index contributed by atoms with van der Waals surface area (Å²) in [6.45, 7) is 41.5. The molecule has 6 aliphatic heterocycles. The number of likely N-dealkylation sites (N-methyl/N-ethyl adjacent to an activating group) is 9. The third-order valence-corrected chi connectivity index (χ3v) is 33.0. The van der Waals surface area contributed by atoms with Crippen molar-refractivity contribution >= 4 is 0 Å². The fraction of sp³-hybridized carbons (Fsp3) is 0.657. The van der Waals surface area contributed by atoms with Gasteiger partial charge in [0.1, 0.15) is 34.5 Å². The molecule has 0 aromatic heterocycles. The highest BCUT2D eigenvalue weighted by atomic mass is 16.5. The van der Waals surface area contributed by atoms with E-state index in [1.54, 1.807) is 42.7 Å². The van der Waals surface area contributed by atoms with E-state index in [-0.39, 0.29) is 32.5 Å². The van der Waals surface area contributed by atoms with Crippen LogP contribution in [-0.2, 0) is 71.0 Å². The van der Waals surface area contributed by atoms with Crippen molar-refractivity contribution in [3.05, 3.63) is 176 Å². The van der Waals surface area contributed by atoms with Crippen LogP contribution in [0.25, 0.3) is 0 Å². The van der Waals surface area contributed by atoms with Crippen LogP contribution in [0, 0.1) is 0 Å². The molecule has 18 rings (SSSR count). The third-order valence-electron chi connectivity index (χ3n) is 33.0. The maximum Gasteiger partial charge on any atom is 0.119 e. The molecule has 18 heteroatoms. The topological polar surface area (TPSA) is 147 Å². The zero-order valence-corrected chi connectivity index (χ0v) is 80.5. The Morgan fingerprint density at radius 1 is 0.252 bits per heavy atom. The van der Waals surface area contributed by atoms with Crippen LogP contribution in [0.4, 0.5) is 0 Å². The highest BCUT2D eigenvalue weighted by Gasteiger charge is 2.56. The second-order valence-electron chi connectivity index (χ2n) is 40.1. The van der Waals surface area contributed by atoms with Gasteiger partial charge in [0.15, 0.2) is 0 Å². The number of ether oxygens (including phenoxy) is 6. The van der Waals surface area contributed by atoms with E-state index in [0.29, 0.717) is 72.5 Å². The van der Waals surface area contributed by atoms with Crippen LogP contribution in [0.5, 0.6) is 34.5 Å². The van der Waals surface area contributed by atoms with Crippen molar-refractivity contribution in [2.24, 2.45) is 0 Å². The number of nitrogens with zero attached hydrogens (tertiary/aromatic N) is 6. The minimum Gasteiger partial charge on any atom is -0.497 e. The monoisotopic (exact) mass is 1690 g/mol. The number of hydrogen-bond donors (Lipinski definition) is 6. The highest BCUT2D eigenvalue weighted by Crippen LogP contribution is 2.53. The Bertz CT molecular complexity index is 4050. The summed E-state index contributed by atoms with van der Waals surface area (Å²) in [5, 5.41) is 22.8. The molecule has 123 heavy (non-hydrogen) atoms. The van der Waals surface area contributed by atoms with E-state index in [1.807, 2.05) is 0 Å². The Labute approximate surface area is 743 Å². The number of rotatable bonds is 21. The highest BCUT2D eigenvalue weighted by molar-refractivity contribution is 5.52. The van der Waals surface area contributed by atoms with Gasteiger partial charge in [-0.2, -0.15) is 0 Å². The van der Waals surface area contributed by atoms with E-state index >= 15 is 0 Å². The van der Waals surface area contributed by atoms with Crippen molar-refractivity contribution in [2.75, 3.05) is 163 Å². The molecule has 2 unspecified atom stereocenters. The van der Waals surface area contributed by atoms with Crippen LogP contribution in [0.15, 0.2) is 109 Å². The van der Waals surface area contributed by atoms with E-state index in [0.717, 1.165) is 112 Å². The Morgan fingerprint density at radius 3 is 0.545 bits per heavy atom. The van der Waals surface area contributed by atoms with E-state index in [2.05, 4.69) is 296 Å². The average Bonchev–Trinajstić information content (AvgIpc) is 0.761. The molecule has 0 amide bonds. The normalized spacial score (nSPS) is 32.3. The fourth-order valence-corrected chi connectivity index (χ4v) is 25.3. The summed E-state index contributed by atoms with van der Waals surface area (Å²) in [4.78, 5) is 15.2. The number of likely N-dealkylation sites (tertiary alicyclic amines) is 6. The minimum atomic E-state index is 0.217. The molecule has 0 radical (unpaired) electrons. The van der Waals surface area contributed by atoms with Crippen LogP contribution in [0.1, 0.15) is 208 Å². The molecule has 6 N–H and O–H groups in total. The molecule has 0 spiro atoms. The first-order chi connectivity index (χ1) is 59.1. The quantitative estimate of drug-likeness (QED) is 0.0406. The minimum absolute atomic E-state index is 0.217. The van der Waals surface area contributed by atoms with Crippen molar-refractivity contribution in [1.82, 2.24) is 61.3 Å². The number of methoxy groups -OCH3 is 6. The zero-order chi connectivity index (χ0) is 88.1. The molecule has 12 bridgehead atoms. The fourth-order valence-electron chi connectivity index (χ4n) is 25.3. The molecule has 0 saturated carbocycles. The molecule has 18 atom stereocenters. The lowest BCUT2D eigenvalue weighted by Crippen LogP contribution is -2.66. The number of fused-ring (bicyclic) bond motifs is 24. The molecule has 678 valence electrons. The van der Waals surface area contributed by atoms with Crippen molar-refractivity contribution in [3.63, 3.8) is 0 Å². The van der Waals surface area contributed by atoms with Gasteiger partial charge < -0.3 is 89.7 Å². The lowest BCUT2D eigenvalue weighted by atomic mass is 9.61. The predicted molar refractivity (Wildman–Crippen MR) is 509 cm³/mol. The lowest BCUT2D eigenvalue weighted by molar-refractivity contribution is 0.0661. The molecule has 6 heterocycles. The standard InChI is InChI=1S/3C18H28N2O.3C17H26N2O/c3*1-5-9-19-17-16-11-13-6-7-14(21-4)12-15(13)18(17,2)8-10-20(16)3;3*1-5-18-16-15-10-12-6-7-13(20-4)11-14(12)17(16,2)8-9-19(15)3/h3*6-7,12,16-17,19H,5,8-11H2,1-4H3;3*6-7,11,15-16,18H,5,8-10H2,1-4H3/t16-,17?,18-;16-,17+,18-;16-,17-,18-;15-,16?,17-;15-,16+,17-;15-,16-,17-/m111111/s1. The molecule has 12 aliphatic rings. The Hall–Kier alpha value is -6.36. The molecule has 6 aromatic rings. The number of piperidine rings is 6. The molecule has 6 fully saturated rings. The van der Waals surface area contributed by atoms with E-state index in [4.69, 9.17) is 28.4 Å². The first-order valence-corrected chi connectivity index (χ1v) is 47.8. The van der Waals surface area contributed by atoms with Crippen LogP contribution >= 0.6 is 0 Å². The largest absolute Gasteiger partial charge is 0.497 e. The maximum atomic E-state index is 5.47. The summed E-state index contributed by atoms with van der Waals surface area (Å²) in [5.74, 6) is 5.91. The second kappa shape index (κ2) is 40.1. The van der Waals surface area contributed by atoms with Gasteiger partial charge in [-0.3, -0.25) is 0 Å². The van der Waals surface area contributed by atoms with Gasteiger partial charge >= 0.3 is 0 Å². The summed E-state index contributed by atoms with van der Waals surface area (Å²) in [6, 6.07) is 46.7. The van der Waals surface area contributed by atoms with Crippen molar-refractivity contribution in [2.45, 2.75) is 284 Å². The van der Waals surface area contributed by atoms with E-state index in [9.17, 15) is 0 Å². The van der Waals surface area contributed by atoms with Gasteiger partial charge in [0.25, 0.3) is 0 Å². The average molecular weight is 1690 g/mol. The molecule has 18 nitrogen and oxygen atoms in total. The summed E-state index contributed by atoms with van der Waals surface area (Å²) >= 11 is 0. The van der Waals surface area contributed by atoms with Crippen LogP contribution in [0.2, 0.25) is 0 Å². The van der Waals surface area contributed by atoms with Crippen LogP contribution < -0.4 is 60.3 Å². The first-order valence-electron chi connectivity index (χ1n) is 47.8. The predicted octanol–water partition coefficient (Wildman–Crippen LogP) is 14.3. The molecule has 6 aromatic carbocycles. The SMILES string of the molecule is CCCNC1[C@H]2Cc3ccc(OC)cc3[C@@]1(C)CCN2C.CCCN[C@@H]1[C@H]2Cc3ccc(OC)cc3[C@@]1(C)CCN2C.CCCN[C@H]1[C@H]2Cc3ccc(OC)cc3[C@@]1(C)CCN2C.CCNC1[C@H]2Cc3ccc(OC)cc3[C@@]1(C)CCN2C.CCN[C@@H]1[C@H]2Cc3ccc(OC)cc3[C@@]1(C)CCN2C.CCN[C@H]1[C@H]2Cc3ccc(OC)cc3[C@@]1(C)CCN2C. The Morgan fingerprint density at radius 2 is 0.407 bits per heavy atom. The second-order valence-corrected chi connectivity index (χ2v) is 40.1. The lowest BCUT2D eigenvalue weighted by Gasteiger charge is -2.55. The van der Waals surface area contributed by atoms with E-state index < -0.39 is 0 Å². The molecular weight excluding hydrogens is 1530 g/mol. The van der Waals surface area contributed by atoms with Crippen molar-refractivity contribution in [3.8, 4) is 34.5 Å².